The molecule has 1 aromatic carbocycles. The number of benzene rings is 1. The van der Waals surface area contributed by atoms with Crippen molar-refractivity contribution in [2.45, 2.75) is 6.92 Å². The molecule has 0 amide bonds. The van der Waals surface area contributed by atoms with Gasteiger partial charge in [0.2, 0.25) is 0 Å². The first-order chi connectivity index (χ1) is 10.8. The van der Waals surface area contributed by atoms with Crippen LogP contribution in [0.4, 0.5) is 0 Å². The number of hydrogen-bond donors (Lipinski definition) is 0. The van der Waals surface area contributed by atoms with E-state index in [-0.39, 0.29) is 12.3 Å². The molecule has 8 heteroatoms. The zero-order valence-corrected chi connectivity index (χ0v) is 13.8. The molecule has 0 unspecified atom stereocenters. The fourth-order valence-electron chi connectivity index (χ4n) is 2.21. The molecule has 0 N–H and O–H groups in total. The Bertz CT molecular complexity index is 871. The molecule has 2 aliphatic heterocycles. The molecule has 6 nitrogen and oxygen atoms in total. The van der Waals surface area contributed by atoms with Gasteiger partial charge in [-0.05, 0) is 42.8 Å². The van der Waals surface area contributed by atoms with E-state index in [0.29, 0.717) is 22.2 Å². The third-order valence-electron chi connectivity index (χ3n) is 3.40. The molecule has 23 heavy (non-hydrogen) atoms. The molecule has 2 heterocycles. The molecule has 3 rings (SSSR count). The molecule has 0 aliphatic carbocycles. The van der Waals surface area contributed by atoms with E-state index in [1.807, 2.05) is 0 Å². The third kappa shape index (κ3) is 3.46. The Kier molecular flexibility index (Phi) is 3.99. The highest BCUT2D eigenvalue weighted by molar-refractivity contribution is 7.90. The molecule has 120 valence electrons. The Labute approximate surface area is 138 Å². The van der Waals surface area contributed by atoms with Crippen LogP contribution in [0, 0.1) is 6.92 Å². The van der Waals surface area contributed by atoms with Gasteiger partial charge in [-0.25, -0.2) is 13.2 Å². The van der Waals surface area contributed by atoms with Crippen LogP contribution in [0.25, 0.3) is 0 Å². The largest absolute Gasteiger partial charge is 0.423 e. The SMILES string of the molecule is Cc1cc(Cl)ccc1OC(=O)C1=CN2CCS(=O)(=O)N=C2C=C1. The monoisotopic (exact) mass is 352 g/mol. The number of fused-ring (bicyclic) bond motifs is 1. The van der Waals surface area contributed by atoms with Gasteiger partial charge in [-0.1, -0.05) is 11.6 Å². The summed E-state index contributed by atoms with van der Waals surface area (Å²) in [5, 5.41) is 0.564. The number of esters is 1. The second kappa shape index (κ2) is 5.82. The summed E-state index contributed by atoms with van der Waals surface area (Å²) in [5.41, 5.74) is 1.06. The lowest BCUT2D eigenvalue weighted by Gasteiger charge is -2.26. The molecule has 0 radical (unpaired) electrons. The van der Waals surface area contributed by atoms with Gasteiger partial charge in [0.05, 0.1) is 11.3 Å². The van der Waals surface area contributed by atoms with Crippen LogP contribution >= 0.6 is 11.6 Å². The molecular formula is C15H13ClN2O4S. The Morgan fingerprint density at radius 1 is 1.35 bits per heavy atom. The fourth-order valence-corrected chi connectivity index (χ4v) is 3.40. The summed E-state index contributed by atoms with van der Waals surface area (Å²) in [6, 6.07) is 4.97. The number of nitrogens with zero attached hydrogens (tertiary/aromatic N) is 2. The van der Waals surface area contributed by atoms with Gasteiger partial charge in [-0.2, -0.15) is 0 Å². The second-order valence-corrected chi connectivity index (χ2v) is 7.34. The minimum Gasteiger partial charge on any atom is -0.423 e. The molecule has 0 spiro atoms. The molecule has 0 bridgehead atoms. The lowest BCUT2D eigenvalue weighted by Crippen LogP contribution is -2.37. The van der Waals surface area contributed by atoms with Crippen molar-refractivity contribution in [1.82, 2.24) is 4.90 Å². The van der Waals surface area contributed by atoms with Gasteiger partial charge in [0.25, 0.3) is 10.0 Å². The van der Waals surface area contributed by atoms with Gasteiger partial charge in [-0.3, -0.25) is 0 Å². The molecule has 0 saturated carbocycles. The van der Waals surface area contributed by atoms with Gasteiger partial charge in [0.1, 0.15) is 11.6 Å². The predicted octanol–water partition coefficient (Wildman–Crippen LogP) is 2.05. The van der Waals surface area contributed by atoms with E-state index in [4.69, 9.17) is 16.3 Å². The molecule has 2 aliphatic rings. The predicted molar refractivity (Wildman–Crippen MR) is 87.0 cm³/mol. The summed E-state index contributed by atoms with van der Waals surface area (Å²) >= 11 is 5.87. The number of amidine groups is 1. The number of carbonyl (C=O) groups is 1. The smallest absolute Gasteiger partial charge is 0.345 e. The lowest BCUT2D eigenvalue weighted by molar-refractivity contribution is -0.129. The van der Waals surface area contributed by atoms with Crippen LogP contribution in [0.1, 0.15) is 5.56 Å². The van der Waals surface area contributed by atoms with Crippen molar-refractivity contribution in [2.24, 2.45) is 4.40 Å². The van der Waals surface area contributed by atoms with Crippen LogP contribution in [0.15, 0.2) is 46.5 Å². The average Bonchev–Trinajstić information content (AvgIpc) is 2.48. The maximum atomic E-state index is 12.2. The average molecular weight is 353 g/mol. The van der Waals surface area contributed by atoms with Gasteiger partial charge in [0.15, 0.2) is 0 Å². The van der Waals surface area contributed by atoms with Gasteiger partial charge < -0.3 is 9.64 Å². The molecule has 1 aromatic rings. The minimum absolute atomic E-state index is 0.0839. The number of halogens is 1. The molecule has 0 aromatic heterocycles. The van der Waals surface area contributed by atoms with Gasteiger partial charge >= 0.3 is 5.97 Å². The number of carbonyl (C=O) groups excluding carboxylic acids is 1. The maximum absolute atomic E-state index is 12.2. The fraction of sp³-hybridized carbons (Fsp3) is 0.200. The van der Waals surface area contributed by atoms with E-state index in [0.717, 1.165) is 5.56 Å². The molecule has 0 atom stereocenters. The number of rotatable bonds is 2. The van der Waals surface area contributed by atoms with Gasteiger partial charge in [-0.15, -0.1) is 4.40 Å². The van der Waals surface area contributed by atoms with E-state index in [9.17, 15) is 13.2 Å². The molecule has 0 saturated heterocycles. The quantitative estimate of drug-likeness (QED) is 0.601. The van der Waals surface area contributed by atoms with E-state index in [1.165, 1.54) is 12.2 Å². The van der Waals surface area contributed by atoms with Crippen molar-refractivity contribution >= 4 is 33.4 Å². The van der Waals surface area contributed by atoms with E-state index >= 15 is 0 Å². The Balaban J connectivity index is 1.80. The summed E-state index contributed by atoms with van der Waals surface area (Å²) in [7, 11) is -3.41. The van der Waals surface area contributed by atoms with Crippen LogP contribution in [0.2, 0.25) is 5.02 Å². The van der Waals surface area contributed by atoms with Crippen molar-refractivity contribution in [3.05, 3.63) is 52.7 Å². The van der Waals surface area contributed by atoms with Crippen molar-refractivity contribution in [3.8, 4) is 5.75 Å². The molecule has 0 fully saturated rings. The van der Waals surface area contributed by atoms with Gasteiger partial charge in [0, 0.05) is 17.8 Å². The zero-order chi connectivity index (χ0) is 16.6. The van der Waals surface area contributed by atoms with Crippen molar-refractivity contribution < 1.29 is 17.9 Å². The Morgan fingerprint density at radius 3 is 2.87 bits per heavy atom. The summed E-state index contributed by atoms with van der Waals surface area (Å²) < 4.78 is 31.9. The van der Waals surface area contributed by atoms with E-state index < -0.39 is 16.0 Å². The van der Waals surface area contributed by atoms with E-state index in [1.54, 1.807) is 36.2 Å². The Hall–Kier alpha value is -2.12. The lowest BCUT2D eigenvalue weighted by atomic mass is 10.2. The van der Waals surface area contributed by atoms with Crippen LogP contribution in [-0.2, 0) is 14.8 Å². The highest BCUT2D eigenvalue weighted by atomic mass is 35.5. The van der Waals surface area contributed by atoms with Crippen LogP contribution < -0.4 is 4.74 Å². The number of ether oxygens (including phenoxy) is 1. The number of aryl methyl sites for hydroxylation is 1. The minimum atomic E-state index is -3.41. The third-order valence-corrected chi connectivity index (χ3v) is 4.80. The summed E-state index contributed by atoms with van der Waals surface area (Å²) in [5.74, 6) is 0.114. The van der Waals surface area contributed by atoms with Crippen LogP contribution in [0.5, 0.6) is 5.75 Å². The van der Waals surface area contributed by atoms with Crippen molar-refractivity contribution in [3.63, 3.8) is 0 Å². The topological polar surface area (TPSA) is 76.0 Å². The second-order valence-electron chi connectivity index (χ2n) is 5.15. The first-order valence-corrected chi connectivity index (χ1v) is 8.80. The Morgan fingerprint density at radius 2 is 2.13 bits per heavy atom. The summed E-state index contributed by atoms with van der Waals surface area (Å²) in [4.78, 5) is 13.9. The maximum Gasteiger partial charge on any atom is 0.345 e. The zero-order valence-electron chi connectivity index (χ0n) is 12.2. The summed E-state index contributed by atoms with van der Waals surface area (Å²) in [6.45, 7) is 2.04. The number of sulfonamides is 1. The first-order valence-electron chi connectivity index (χ1n) is 6.81. The summed E-state index contributed by atoms with van der Waals surface area (Å²) in [6.07, 6.45) is 4.52. The highest BCUT2D eigenvalue weighted by Crippen LogP contribution is 2.23. The number of hydrogen-bond acceptors (Lipinski definition) is 5. The van der Waals surface area contributed by atoms with Crippen LogP contribution in [0.3, 0.4) is 0 Å². The van der Waals surface area contributed by atoms with Crippen molar-refractivity contribution in [2.75, 3.05) is 12.3 Å². The first kappa shape index (κ1) is 15.8. The normalized spacial score (nSPS) is 18.8. The van der Waals surface area contributed by atoms with Crippen LogP contribution in [-0.4, -0.2) is 37.4 Å². The standard InChI is InChI=1S/C15H13ClN2O4S/c1-10-8-12(16)3-4-13(10)22-15(19)11-2-5-14-17-23(20,21)7-6-18(14)9-11/h2-5,8-9H,6-7H2,1H3. The highest BCUT2D eigenvalue weighted by Gasteiger charge is 2.25. The van der Waals surface area contributed by atoms with E-state index in [2.05, 4.69) is 4.40 Å². The van der Waals surface area contributed by atoms with Crippen molar-refractivity contribution in [1.29, 1.82) is 0 Å². The molecular weight excluding hydrogens is 340 g/mol.